The van der Waals surface area contributed by atoms with Crippen LogP contribution in [0.3, 0.4) is 0 Å². The fourth-order valence-corrected chi connectivity index (χ4v) is 2.70. The Morgan fingerprint density at radius 3 is 2.35 bits per heavy atom. The van der Waals surface area contributed by atoms with Gasteiger partial charge in [0.2, 0.25) is 15.9 Å². The van der Waals surface area contributed by atoms with Gasteiger partial charge in [0.1, 0.15) is 0 Å². The highest BCUT2D eigenvalue weighted by Gasteiger charge is 2.25. The number of nitrogens with one attached hydrogen (secondary N) is 3. The van der Waals surface area contributed by atoms with Crippen LogP contribution in [0.25, 0.3) is 0 Å². The Morgan fingerprint density at radius 2 is 1.83 bits per heavy atom. The molecule has 0 atom stereocenters. The van der Waals surface area contributed by atoms with Gasteiger partial charge in [-0.1, -0.05) is 6.42 Å². The second-order valence-corrected chi connectivity index (χ2v) is 7.52. The van der Waals surface area contributed by atoms with Gasteiger partial charge in [-0.2, -0.15) is 0 Å². The van der Waals surface area contributed by atoms with Gasteiger partial charge in [-0.3, -0.25) is 9.59 Å². The number of benzene rings is 1. The predicted octanol–water partition coefficient (Wildman–Crippen LogP) is 0.704. The first-order valence-electron chi connectivity index (χ1n) is 7.51. The summed E-state index contributed by atoms with van der Waals surface area (Å²) in [5, 5.41) is 5.36. The lowest BCUT2D eigenvalue weighted by Crippen LogP contribution is -2.33. The van der Waals surface area contributed by atoms with Gasteiger partial charge < -0.3 is 10.6 Å². The zero-order chi connectivity index (χ0) is 16.9. The van der Waals surface area contributed by atoms with E-state index >= 15 is 0 Å². The van der Waals surface area contributed by atoms with Gasteiger partial charge in [-0.15, -0.1) is 0 Å². The maximum Gasteiger partial charge on any atom is 0.251 e. The van der Waals surface area contributed by atoms with E-state index in [9.17, 15) is 18.0 Å². The van der Waals surface area contributed by atoms with Crippen molar-refractivity contribution in [1.82, 2.24) is 10.0 Å². The smallest absolute Gasteiger partial charge is 0.251 e. The summed E-state index contributed by atoms with van der Waals surface area (Å²) in [6.07, 6.45) is 2.96. The van der Waals surface area contributed by atoms with Gasteiger partial charge in [0.15, 0.2) is 0 Å². The molecule has 0 spiro atoms. The Labute approximate surface area is 135 Å². The molecule has 2 amide bonds. The molecule has 1 aliphatic rings. The summed E-state index contributed by atoms with van der Waals surface area (Å²) in [6.45, 7) is 0.0299. The van der Waals surface area contributed by atoms with Crippen LogP contribution in [0.15, 0.2) is 24.3 Å². The molecule has 1 aliphatic carbocycles. The lowest BCUT2D eigenvalue weighted by atomic mass is 9.85. The molecule has 1 aromatic rings. The van der Waals surface area contributed by atoms with Crippen LogP contribution in [0.5, 0.6) is 0 Å². The zero-order valence-corrected chi connectivity index (χ0v) is 13.8. The Hall–Kier alpha value is -1.93. The zero-order valence-electron chi connectivity index (χ0n) is 13.0. The van der Waals surface area contributed by atoms with E-state index in [0.717, 1.165) is 19.3 Å². The van der Waals surface area contributed by atoms with E-state index in [1.807, 2.05) is 0 Å². The number of carbonyl (C=O) groups is 2. The van der Waals surface area contributed by atoms with Crippen molar-refractivity contribution in [2.75, 3.05) is 24.7 Å². The molecule has 0 aromatic heterocycles. The van der Waals surface area contributed by atoms with Crippen LogP contribution in [0.2, 0.25) is 0 Å². The number of rotatable bonds is 7. The monoisotopic (exact) mass is 339 g/mol. The molecule has 3 N–H and O–H groups in total. The molecule has 23 heavy (non-hydrogen) atoms. The Kier molecular flexibility index (Phi) is 5.73. The van der Waals surface area contributed by atoms with Crippen LogP contribution in [0.1, 0.15) is 29.6 Å². The highest BCUT2D eigenvalue weighted by molar-refractivity contribution is 7.89. The van der Waals surface area contributed by atoms with Gasteiger partial charge in [0.25, 0.3) is 5.91 Å². The number of hydrogen-bond acceptors (Lipinski definition) is 4. The molecule has 0 aliphatic heterocycles. The summed E-state index contributed by atoms with van der Waals surface area (Å²) < 4.78 is 24.7. The van der Waals surface area contributed by atoms with E-state index in [0.29, 0.717) is 11.3 Å². The Bertz CT molecular complexity index is 666. The number of carbonyl (C=O) groups excluding carboxylic acids is 2. The van der Waals surface area contributed by atoms with Crippen LogP contribution in [-0.2, 0) is 14.8 Å². The van der Waals surface area contributed by atoms with E-state index in [-0.39, 0.29) is 30.0 Å². The maximum atomic E-state index is 11.9. The highest BCUT2D eigenvalue weighted by atomic mass is 32.2. The maximum absolute atomic E-state index is 11.9. The van der Waals surface area contributed by atoms with Crippen LogP contribution in [0, 0.1) is 5.92 Å². The number of hydrogen-bond donors (Lipinski definition) is 3. The minimum atomic E-state index is -3.34. The SMILES string of the molecule is CNS(=O)(=O)CCNC(=O)c1ccc(NC(=O)C2CCC2)cc1. The van der Waals surface area contributed by atoms with E-state index in [4.69, 9.17) is 0 Å². The first-order valence-corrected chi connectivity index (χ1v) is 9.17. The molecule has 0 saturated heterocycles. The second kappa shape index (κ2) is 7.56. The Balaban J connectivity index is 1.83. The molecule has 0 bridgehead atoms. The predicted molar refractivity (Wildman–Crippen MR) is 87.6 cm³/mol. The number of amides is 2. The summed E-state index contributed by atoms with van der Waals surface area (Å²) in [6, 6.07) is 6.52. The summed E-state index contributed by atoms with van der Waals surface area (Å²) >= 11 is 0. The van der Waals surface area contributed by atoms with E-state index < -0.39 is 10.0 Å². The van der Waals surface area contributed by atoms with Crippen molar-refractivity contribution < 1.29 is 18.0 Å². The quantitative estimate of drug-likeness (QED) is 0.680. The molecule has 1 aromatic carbocycles. The molecule has 7 nitrogen and oxygen atoms in total. The number of anilines is 1. The fraction of sp³-hybridized carbons (Fsp3) is 0.467. The van der Waals surface area contributed by atoms with Crippen LogP contribution >= 0.6 is 0 Å². The van der Waals surface area contributed by atoms with Crippen molar-refractivity contribution in [1.29, 1.82) is 0 Å². The third-order valence-corrected chi connectivity index (χ3v) is 5.22. The summed E-state index contributed by atoms with van der Waals surface area (Å²) in [5.74, 6) is -0.406. The minimum absolute atomic E-state index is 0.0192. The van der Waals surface area contributed by atoms with Crippen LogP contribution < -0.4 is 15.4 Å². The molecular weight excluding hydrogens is 318 g/mol. The number of sulfonamides is 1. The average Bonchev–Trinajstić information content (AvgIpc) is 2.45. The minimum Gasteiger partial charge on any atom is -0.351 e. The third-order valence-electron chi connectivity index (χ3n) is 3.86. The molecule has 0 unspecified atom stereocenters. The molecule has 1 fully saturated rings. The molecule has 0 heterocycles. The summed E-state index contributed by atoms with van der Waals surface area (Å²) in [5.41, 5.74) is 1.06. The normalized spacial score (nSPS) is 14.8. The highest BCUT2D eigenvalue weighted by Crippen LogP contribution is 2.27. The molecule has 1 saturated carbocycles. The standard InChI is InChI=1S/C15H21N3O4S/c1-16-23(21,22)10-9-17-14(19)12-5-7-13(8-6-12)18-15(20)11-3-2-4-11/h5-8,11,16H,2-4,9-10H2,1H3,(H,17,19)(H,18,20). The molecule has 126 valence electrons. The largest absolute Gasteiger partial charge is 0.351 e. The van der Waals surface area contributed by atoms with Crippen molar-refractivity contribution >= 4 is 27.5 Å². The van der Waals surface area contributed by atoms with Gasteiger partial charge in [0.05, 0.1) is 5.75 Å². The van der Waals surface area contributed by atoms with Crippen molar-refractivity contribution in [3.05, 3.63) is 29.8 Å². The average molecular weight is 339 g/mol. The third kappa shape index (κ3) is 5.04. The molecule has 2 rings (SSSR count). The Morgan fingerprint density at radius 1 is 1.17 bits per heavy atom. The lowest BCUT2D eigenvalue weighted by Gasteiger charge is -2.24. The first-order chi connectivity index (χ1) is 10.9. The van der Waals surface area contributed by atoms with E-state index in [1.54, 1.807) is 24.3 Å². The molecular formula is C15H21N3O4S. The van der Waals surface area contributed by atoms with Gasteiger partial charge >= 0.3 is 0 Å². The topological polar surface area (TPSA) is 104 Å². The van der Waals surface area contributed by atoms with E-state index in [1.165, 1.54) is 7.05 Å². The molecule has 0 radical (unpaired) electrons. The lowest BCUT2D eigenvalue weighted by molar-refractivity contribution is -0.122. The van der Waals surface area contributed by atoms with Crippen LogP contribution in [-0.4, -0.2) is 39.6 Å². The summed E-state index contributed by atoms with van der Waals surface area (Å²) in [7, 11) is -2.01. The summed E-state index contributed by atoms with van der Waals surface area (Å²) in [4.78, 5) is 23.7. The fourth-order valence-electron chi connectivity index (χ4n) is 2.12. The van der Waals surface area contributed by atoms with Crippen molar-refractivity contribution in [2.45, 2.75) is 19.3 Å². The van der Waals surface area contributed by atoms with E-state index in [2.05, 4.69) is 15.4 Å². The van der Waals surface area contributed by atoms with Gasteiger partial charge in [-0.25, -0.2) is 13.1 Å². The van der Waals surface area contributed by atoms with Crippen molar-refractivity contribution in [2.24, 2.45) is 5.92 Å². The van der Waals surface area contributed by atoms with Crippen molar-refractivity contribution in [3.8, 4) is 0 Å². The first kappa shape index (κ1) is 17.4. The second-order valence-electron chi connectivity index (χ2n) is 5.47. The molecule has 8 heteroatoms. The van der Waals surface area contributed by atoms with Gasteiger partial charge in [-0.05, 0) is 44.2 Å². The van der Waals surface area contributed by atoms with Crippen molar-refractivity contribution in [3.63, 3.8) is 0 Å². The van der Waals surface area contributed by atoms with Gasteiger partial charge in [0, 0.05) is 23.7 Å². The van der Waals surface area contributed by atoms with Crippen LogP contribution in [0.4, 0.5) is 5.69 Å².